The van der Waals surface area contributed by atoms with Gasteiger partial charge in [-0.25, -0.2) is 0 Å². The molecule has 2 rings (SSSR count). The molecular formula is C30H58Se2. The van der Waals surface area contributed by atoms with Crippen LogP contribution in [0.3, 0.4) is 0 Å². The number of unbranched alkanes of at least 4 members (excludes halogenated alkanes) is 12. The molecule has 0 heterocycles. The maximum atomic E-state index is 2.32. The Labute approximate surface area is 214 Å². The van der Waals surface area contributed by atoms with Crippen molar-refractivity contribution < 1.29 is 0 Å². The molecule has 2 fully saturated rings. The van der Waals surface area contributed by atoms with Gasteiger partial charge in [0.05, 0.1) is 0 Å². The molecule has 0 aromatic rings. The van der Waals surface area contributed by atoms with E-state index in [2.05, 4.69) is 13.8 Å². The number of hydrogen-bond acceptors (Lipinski definition) is 0. The number of hydrogen-bond donors (Lipinski definition) is 0. The molecule has 0 bridgehead atoms. The zero-order valence-corrected chi connectivity index (χ0v) is 25.5. The first-order valence-electron chi connectivity index (χ1n) is 15.1. The SMILES string of the molecule is CCCCCCCCCC1CCC([Se][Se]C2CCC(CCCCCCCCC)CC2)CC1. The first-order chi connectivity index (χ1) is 15.8. The molecule has 0 saturated heterocycles. The molecule has 0 aromatic carbocycles. The van der Waals surface area contributed by atoms with Gasteiger partial charge in [-0.3, -0.25) is 0 Å². The zero-order chi connectivity index (χ0) is 22.7. The minimum absolute atomic E-state index is 1.02. The van der Waals surface area contributed by atoms with Crippen molar-refractivity contribution in [2.45, 2.75) is 178 Å². The Morgan fingerprint density at radius 3 is 1.06 bits per heavy atom. The number of rotatable bonds is 19. The third-order valence-electron chi connectivity index (χ3n) is 8.35. The quantitative estimate of drug-likeness (QED) is 0.106. The van der Waals surface area contributed by atoms with Crippen LogP contribution < -0.4 is 0 Å². The fourth-order valence-corrected chi connectivity index (χ4v) is 16.2. The topological polar surface area (TPSA) is 0 Å². The molecule has 190 valence electrons. The standard InChI is InChI=1S/C30H58Se2/c1-3-5-7-9-11-13-15-17-27-19-23-29(24-20-27)31-32-30-25-21-28(22-26-30)18-16-14-12-10-8-6-4-2/h27-30H,3-26H2,1-2H3. The average Bonchev–Trinajstić information content (AvgIpc) is 2.83. The van der Waals surface area contributed by atoms with E-state index in [1.54, 1.807) is 64.2 Å². The fourth-order valence-electron chi connectivity index (χ4n) is 5.97. The molecule has 0 N–H and O–H groups in total. The Morgan fingerprint density at radius 2 is 0.719 bits per heavy atom. The van der Waals surface area contributed by atoms with E-state index in [0.717, 1.165) is 38.1 Å². The fraction of sp³-hybridized carbons (Fsp3) is 1.00. The van der Waals surface area contributed by atoms with Gasteiger partial charge in [0.2, 0.25) is 0 Å². The predicted molar refractivity (Wildman–Crippen MR) is 148 cm³/mol. The molecule has 0 radical (unpaired) electrons. The van der Waals surface area contributed by atoms with E-state index in [0.29, 0.717) is 0 Å². The van der Waals surface area contributed by atoms with Gasteiger partial charge in [0, 0.05) is 0 Å². The third kappa shape index (κ3) is 14.4. The van der Waals surface area contributed by atoms with Crippen LogP contribution in [0.5, 0.6) is 0 Å². The molecule has 0 spiro atoms. The van der Waals surface area contributed by atoms with Crippen molar-refractivity contribution >= 4 is 26.3 Å². The molecule has 0 atom stereocenters. The second-order valence-electron chi connectivity index (χ2n) is 11.3. The van der Waals surface area contributed by atoms with Crippen LogP contribution in [-0.4, -0.2) is 26.3 Å². The van der Waals surface area contributed by atoms with Crippen LogP contribution in [0, 0.1) is 11.8 Å². The Hall–Kier alpha value is 1.04. The van der Waals surface area contributed by atoms with Crippen molar-refractivity contribution in [1.29, 1.82) is 0 Å². The molecule has 0 aliphatic heterocycles. The first kappa shape index (κ1) is 29.3. The summed E-state index contributed by atoms with van der Waals surface area (Å²) >= 11 is 2.04. The van der Waals surface area contributed by atoms with Crippen LogP contribution in [0.1, 0.15) is 168 Å². The van der Waals surface area contributed by atoms with E-state index in [1.165, 1.54) is 99.5 Å². The van der Waals surface area contributed by atoms with Gasteiger partial charge in [-0.1, -0.05) is 13.8 Å². The molecule has 0 amide bonds. The van der Waals surface area contributed by atoms with Gasteiger partial charge in [-0.05, 0) is 0 Å². The summed E-state index contributed by atoms with van der Waals surface area (Å²) in [4.78, 5) is 2.36. The molecule has 2 aliphatic rings. The van der Waals surface area contributed by atoms with Crippen molar-refractivity contribution in [2.75, 3.05) is 0 Å². The molecule has 0 unspecified atom stereocenters. The normalized spacial score (nSPS) is 26.4. The maximum absolute atomic E-state index is 2.32. The van der Waals surface area contributed by atoms with Crippen LogP contribution in [0.2, 0.25) is 9.63 Å². The summed E-state index contributed by atoms with van der Waals surface area (Å²) in [6.07, 6.45) is 36.6. The van der Waals surface area contributed by atoms with Crippen molar-refractivity contribution in [1.82, 2.24) is 0 Å². The van der Waals surface area contributed by atoms with Gasteiger partial charge in [0.25, 0.3) is 0 Å². The van der Waals surface area contributed by atoms with Crippen molar-refractivity contribution in [3.63, 3.8) is 0 Å². The van der Waals surface area contributed by atoms with Gasteiger partial charge in [-0.2, -0.15) is 0 Å². The first-order valence-corrected chi connectivity index (χ1v) is 21.4. The summed E-state index contributed by atoms with van der Waals surface area (Å²) in [5.74, 6) is 2.21. The van der Waals surface area contributed by atoms with Gasteiger partial charge >= 0.3 is 202 Å². The minimum atomic E-state index is 1.02. The van der Waals surface area contributed by atoms with E-state index in [9.17, 15) is 0 Å². The van der Waals surface area contributed by atoms with Crippen LogP contribution in [-0.2, 0) is 0 Å². The molecule has 2 heteroatoms. The molecule has 32 heavy (non-hydrogen) atoms. The molecular weight excluding hydrogens is 518 g/mol. The van der Waals surface area contributed by atoms with Gasteiger partial charge in [-0.15, -0.1) is 0 Å². The zero-order valence-electron chi connectivity index (χ0n) is 22.1. The second-order valence-corrected chi connectivity index (χ2v) is 19.1. The van der Waals surface area contributed by atoms with E-state index < -0.39 is 0 Å². The summed E-state index contributed by atoms with van der Waals surface area (Å²) in [6, 6.07) is 0. The molecule has 0 aromatic heterocycles. The summed E-state index contributed by atoms with van der Waals surface area (Å²) in [6.45, 7) is 4.64. The Kier molecular flexibility index (Phi) is 18.5. The Balaban J connectivity index is 1.39. The van der Waals surface area contributed by atoms with Crippen LogP contribution in [0.4, 0.5) is 0 Å². The van der Waals surface area contributed by atoms with Gasteiger partial charge in [0.15, 0.2) is 0 Å². The van der Waals surface area contributed by atoms with Gasteiger partial charge < -0.3 is 0 Å². The van der Waals surface area contributed by atoms with Gasteiger partial charge in [0.1, 0.15) is 0 Å². The monoisotopic (exact) mass is 578 g/mol. The summed E-state index contributed by atoms with van der Waals surface area (Å²) in [5, 5.41) is 0. The van der Waals surface area contributed by atoms with E-state index in [1.807, 2.05) is 0 Å². The second kappa shape index (κ2) is 20.3. The summed E-state index contributed by atoms with van der Waals surface area (Å²) in [7, 11) is 0. The summed E-state index contributed by atoms with van der Waals surface area (Å²) in [5.41, 5.74) is 0. The summed E-state index contributed by atoms with van der Waals surface area (Å²) < 4.78 is 0. The molecule has 2 aliphatic carbocycles. The van der Waals surface area contributed by atoms with E-state index in [4.69, 9.17) is 0 Å². The van der Waals surface area contributed by atoms with Crippen LogP contribution >= 0.6 is 0 Å². The van der Waals surface area contributed by atoms with Crippen LogP contribution in [0.25, 0.3) is 0 Å². The van der Waals surface area contributed by atoms with Crippen molar-refractivity contribution in [2.24, 2.45) is 11.8 Å². The Bertz CT molecular complexity index is 356. The van der Waals surface area contributed by atoms with Crippen molar-refractivity contribution in [3.05, 3.63) is 0 Å². The average molecular weight is 577 g/mol. The van der Waals surface area contributed by atoms with E-state index in [-0.39, 0.29) is 0 Å². The third-order valence-corrected chi connectivity index (χ3v) is 18.8. The van der Waals surface area contributed by atoms with Crippen molar-refractivity contribution in [3.8, 4) is 0 Å². The Morgan fingerprint density at radius 1 is 0.406 bits per heavy atom. The van der Waals surface area contributed by atoms with E-state index >= 15 is 0 Å². The van der Waals surface area contributed by atoms with Crippen LogP contribution in [0.15, 0.2) is 0 Å². The molecule has 0 nitrogen and oxygen atoms in total. The molecule has 2 saturated carbocycles. The predicted octanol–water partition coefficient (Wildman–Crippen LogP) is 10.5.